The second kappa shape index (κ2) is 13.4. The Balaban J connectivity index is 1.86. The second-order valence-electron chi connectivity index (χ2n) is 6.99. The number of aliphatic imine (C=N–C) groups is 1. The van der Waals surface area contributed by atoms with Gasteiger partial charge in [0, 0.05) is 26.7 Å². The van der Waals surface area contributed by atoms with Gasteiger partial charge in [-0.15, -0.1) is 0 Å². The molecule has 0 aromatic heterocycles. The molecule has 0 heterocycles. The number of methoxy groups -OCH3 is 2. The van der Waals surface area contributed by atoms with Gasteiger partial charge in [-0.3, -0.25) is 4.99 Å². The zero-order valence-corrected chi connectivity index (χ0v) is 19.4. The first kappa shape index (κ1) is 24.3. The highest BCUT2D eigenvalue weighted by molar-refractivity contribution is 5.79. The van der Waals surface area contributed by atoms with Gasteiger partial charge in [-0.2, -0.15) is 0 Å². The van der Waals surface area contributed by atoms with Crippen molar-refractivity contribution in [3.8, 4) is 17.2 Å². The third-order valence-corrected chi connectivity index (χ3v) is 5.09. The number of hydrogen-bond donors (Lipinski definition) is 2. The molecular weight excluding hydrogens is 392 g/mol. The minimum Gasteiger partial charge on any atom is -0.497 e. The number of likely N-dealkylation sites (N-methyl/N-ethyl adjacent to an activating group) is 1. The van der Waals surface area contributed by atoms with Crippen LogP contribution in [0.4, 0.5) is 0 Å². The Morgan fingerprint density at radius 1 is 0.871 bits per heavy atom. The highest BCUT2D eigenvalue weighted by Gasteiger charge is 2.08. The Bertz CT molecular complexity index is 805. The highest BCUT2D eigenvalue weighted by Crippen LogP contribution is 2.28. The summed E-state index contributed by atoms with van der Waals surface area (Å²) in [5.41, 5.74) is 2.23. The smallest absolute Gasteiger partial charge is 0.191 e. The monoisotopic (exact) mass is 428 g/mol. The molecular formula is C24H36N4O3. The van der Waals surface area contributed by atoms with Crippen molar-refractivity contribution in [1.82, 2.24) is 15.5 Å². The van der Waals surface area contributed by atoms with Crippen molar-refractivity contribution in [3.63, 3.8) is 0 Å². The van der Waals surface area contributed by atoms with Crippen molar-refractivity contribution in [2.45, 2.75) is 26.9 Å². The van der Waals surface area contributed by atoms with E-state index in [0.29, 0.717) is 19.7 Å². The molecule has 170 valence electrons. The third-order valence-electron chi connectivity index (χ3n) is 5.09. The summed E-state index contributed by atoms with van der Waals surface area (Å²) in [6.07, 6.45) is 0. The van der Waals surface area contributed by atoms with E-state index in [1.807, 2.05) is 42.5 Å². The Hall–Kier alpha value is -2.93. The molecule has 0 aliphatic rings. The van der Waals surface area contributed by atoms with Gasteiger partial charge in [-0.25, -0.2) is 0 Å². The van der Waals surface area contributed by atoms with E-state index in [9.17, 15) is 0 Å². The molecule has 0 amide bonds. The summed E-state index contributed by atoms with van der Waals surface area (Å²) in [6, 6.07) is 14.0. The molecule has 2 N–H and O–H groups in total. The van der Waals surface area contributed by atoms with Crippen LogP contribution in [-0.4, -0.2) is 58.4 Å². The summed E-state index contributed by atoms with van der Waals surface area (Å²) < 4.78 is 16.7. The predicted octanol–water partition coefficient (Wildman–Crippen LogP) is 3.29. The fraction of sp³-hybridized carbons (Fsp3) is 0.458. The first-order valence-electron chi connectivity index (χ1n) is 10.7. The van der Waals surface area contributed by atoms with Crippen LogP contribution in [0, 0.1) is 0 Å². The van der Waals surface area contributed by atoms with Gasteiger partial charge in [-0.1, -0.05) is 32.0 Å². The Kier molecular flexibility index (Phi) is 10.5. The van der Waals surface area contributed by atoms with Crippen LogP contribution in [0.2, 0.25) is 0 Å². The molecule has 0 radical (unpaired) electrons. The summed E-state index contributed by atoms with van der Waals surface area (Å²) in [5.74, 6) is 3.08. The van der Waals surface area contributed by atoms with Crippen LogP contribution in [-0.2, 0) is 13.1 Å². The topological polar surface area (TPSA) is 67.4 Å². The van der Waals surface area contributed by atoms with E-state index in [-0.39, 0.29) is 0 Å². The van der Waals surface area contributed by atoms with E-state index < -0.39 is 0 Å². The Labute approximate surface area is 186 Å². The normalized spacial score (nSPS) is 11.4. The number of benzene rings is 2. The zero-order chi connectivity index (χ0) is 22.5. The van der Waals surface area contributed by atoms with Gasteiger partial charge in [0.25, 0.3) is 0 Å². The van der Waals surface area contributed by atoms with Crippen LogP contribution in [0.1, 0.15) is 25.0 Å². The van der Waals surface area contributed by atoms with Crippen LogP contribution in [0.15, 0.2) is 47.5 Å². The molecule has 0 unspecified atom stereocenters. The second-order valence-corrected chi connectivity index (χ2v) is 6.99. The molecule has 0 atom stereocenters. The number of guanidine groups is 1. The number of rotatable bonds is 12. The van der Waals surface area contributed by atoms with Gasteiger partial charge in [0.1, 0.15) is 12.4 Å². The summed E-state index contributed by atoms with van der Waals surface area (Å²) >= 11 is 0. The number of nitrogens with one attached hydrogen (secondary N) is 2. The maximum Gasteiger partial charge on any atom is 0.191 e. The molecule has 7 heteroatoms. The average molecular weight is 429 g/mol. The van der Waals surface area contributed by atoms with E-state index in [0.717, 1.165) is 54.0 Å². The fourth-order valence-electron chi connectivity index (χ4n) is 3.10. The average Bonchev–Trinajstić information content (AvgIpc) is 2.82. The molecule has 0 fully saturated rings. The van der Waals surface area contributed by atoms with Crippen LogP contribution in [0.25, 0.3) is 0 Å². The number of ether oxygens (including phenoxy) is 3. The lowest BCUT2D eigenvalue weighted by Crippen LogP contribution is -2.36. The molecule has 2 rings (SSSR count). The van der Waals surface area contributed by atoms with E-state index >= 15 is 0 Å². The third kappa shape index (κ3) is 8.02. The van der Waals surface area contributed by atoms with E-state index in [1.54, 1.807) is 21.3 Å². The molecule has 0 saturated carbocycles. The molecule has 0 saturated heterocycles. The molecule has 7 nitrogen and oxygen atoms in total. The summed E-state index contributed by atoms with van der Waals surface area (Å²) in [6.45, 7) is 9.19. The minimum absolute atomic E-state index is 0.623. The number of nitrogens with zero attached hydrogens (tertiary/aromatic N) is 2. The standard InChI is InChI=1S/C24H36N4O3/c1-6-28(7-2)14-15-31-22-13-10-20(16-23(22)30-5)18-27-24(25-3)26-17-19-8-11-21(29-4)12-9-19/h8-13,16H,6-7,14-15,17-18H2,1-5H3,(H2,25,26,27). The molecule has 31 heavy (non-hydrogen) atoms. The molecule has 2 aromatic carbocycles. The van der Waals surface area contributed by atoms with Crippen molar-refractivity contribution in [1.29, 1.82) is 0 Å². The summed E-state index contributed by atoms with van der Waals surface area (Å²) in [7, 11) is 5.09. The molecule has 2 aromatic rings. The lowest BCUT2D eigenvalue weighted by atomic mass is 10.2. The zero-order valence-electron chi connectivity index (χ0n) is 19.4. The van der Waals surface area contributed by atoms with Gasteiger partial charge in [0.05, 0.1) is 14.2 Å². The van der Waals surface area contributed by atoms with Crippen molar-refractivity contribution in [3.05, 3.63) is 53.6 Å². The molecule has 0 bridgehead atoms. The van der Waals surface area contributed by atoms with Gasteiger partial charge in [-0.05, 0) is 48.5 Å². The Morgan fingerprint density at radius 3 is 2.10 bits per heavy atom. The maximum atomic E-state index is 5.94. The SMILES string of the molecule is CCN(CC)CCOc1ccc(CNC(=NC)NCc2ccc(OC)cc2)cc1OC. The van der Waals surface area contributed by atoms with E-state index in [1.165, 1.54) is 0 Å². The minimum atomic E-state index is 0.623. The molecule has 0 spiro atoms. The van der Waals surface area contributed by atoms with Gasteiger partial charge in [0.15, 0.2) is 17.5 Å². The van der Waals surface area contributed by atoms with Crippen LogP contribution in [0.3, 0.4) is 0 Å². The Morgan fingerprint density at radius 2 is 1.52 bits per heavy atom. The lowest BCUT2D eigenvalue weighted by molar-refractivity contribution is 0.217. The van der Waals surface area contributed by atoms with Crippen LogP contribution >= 0.6 is 0 Å². The molecule has 0 aliphatic carbocycles. The van der Waals surface area contributed by atoms with E-state index in [2.05, 4.69) is 34.4 Å². The highest BCUT2D eigenvalue weighted by atomic mass is 16.5. The fourth-order valence-corrected chi connectivity index (χ4v) is 3.10. The van der Waals surface area contributed by atoms with Crippen molar-refractivity contribution < 1.29 is 14.2 Å². The van der Waals surface area contributed by atoms with Gasteiger partial charge in [0.2, 0.25) is 0 Å². The summed E-state index contributed by atoms with van der Waals surface area (Å²) in [5, 5.41) is 6.65. The predicted molar refractivity (Wildman–Crippen MR) is 126 cm³/mol. The summed E-state index contributed by atoms with van der Waals surface area (Å²) in [4.78, 5) is 6.62. The van der Waals surface area contributed by atoms with Crippen molar-refractivity contribution in [2.75, 3.05) is 47.5 Å². The van der Waals surface area contributed by atoms with Crippen molar-refractivity contribution >= 4 is 5.96 Å². The maximum absolute atomic E-state index is 5.94. The van der Waals surface area contributed by atoms with E-state index in [4.69, 9.17) is 14.2 Å². The lowest BCUT2D eigenvalue weighted by Gasteiger charge is -2.19. The van der Waals surface area contributed by atoms with Gasteiger partial charge >= 0.3 is 0 Å². The first-order chi connectivity index (χ1) is 15.1. The quantitative estimate of drug-likeness (QED) is 0.399. The van der Waals surface area contributed by atoms with Crippen LogP contribution in [0.5, 0.6) is 17.2 Å². The van der Waals surface area contributed by atoms with Crippen molar-refractivity contribution in [2.24, 2.45) is 4.99 Å². The number of hydrogen-bond acceptors (Lipinski definition) is 5. The van der Waals surface area contributed by atoms with Gasteiger partial charge < -0.3 is 29.7 Å². The largest absolute Gasteiger partial charge is 0.497 e. The first-order valence-corrected chi connectivity index (χ1v) is 10.7. The van der Waals surface area contributed by atoms with Crippen LogP contribution < -0.4 is 24.8 Å². The molecule has 0 aliphatic heterocycles.